The molecule has 3 heterocycles. The Bertz CT molecular complexity index is 530. The van der Waals surface area contributed by atoms with E-state index < -0.39 is 0 Å². The van der Waals surface area contributed by atoms with Crippen LogP contribution < -0.4 is 0 Å². The fourth-order valence-corrected chi connectivity index (χ4v) is 4.55. The Morgan fingerprint density at radius 1 is 1.15 bits per heavy atom. The molecule has 0 aromatic carbocycles. The van der Waals surface area contributed by atoms with Crippen molar-refractivity contribution in [3.05, 3.63) is 30.1 Å². The van der Waals surface area contributed by atoms with Gasteiger partial charge in [0.2, 0.25) is 0 Å². The Kier molecular flexibility index (Phi) is 8.07. The molecule has 27 heavy (non-hydrogen) atoms. The number of hydrogen-bond donors (Lipinski definition) is 1. The van der Waals surface area contributed by atoms with Crippen molar-refractivity contribution < 1.29 is 5.11 Å². The molecule has 3 rings (SSSR count). The topological polar surface area (TPSA) is 42.8 Å². The summed E-state index contributed by atoms with van der Waals surface area (Å²) in [5.74, 6) is 0.751. The molecule has 0 spiro atoms. The molecule has 1 unspecified atom stereocenters. The highest BCUT2D eigenvalue weighted by molar-refractivity contribution is 5.03. The largest absolute Gasteiger partial charge is 0.396 e. The predicted molar refractivity (Wildman–Crippen MR) is 111 cm³/mol. The third-order valence-electron chi connectivity index (χ3n) is 6.28. The zero-order valence-corrected chi connectivity index (χ0v) is 17.3. The summed E-state index contributed by atoms with van der Waals surface area (Å²) in [4.78, 5) is 12.4. The fourth-order valence-electron chi connectivity index (χ4n) is 4.55. The summed E-state index contributed by atoms with van der Waals surface area (Å²) in [6, 6.07) is 7.42. The zero-order chi connectivity index (χ0) is 19.1. The summed E-state index contributed by atoms with van der Waals surface area (Å²) in [6.45, 7) is 12.9. The highest BCUT2D eigenvalue weighted by Crippen LogP contribution is 2.23. The van der Waals surface area contributed by atoms with E-state index in [1.165, 1.54) is 51.1 Å². The first-order chi connectivity index (χ1) is 13.2. The van der Waals surface area contributed by atoms with Crippen molar-refractivity contribution >= 4 is 0 Å². The van der Waals surface area contributed by atoms with Crippen LogP contribution in [0.4, 0.5) is 0 Å². The Morgan fingerprint density at radius 3 is 2.63 bits per heavy atom. The van der Waals surface area contributed by atoms with Gasteiger partial charge in [0.25, 0.3) is 0 Å². The first-order valence-corrected chi connectivity index (χ1v) is 10.9. The molecule has 5 nitrogen and oxygen atoms in total. The number of aliphatic hydroxyl groups is 1. The van der Waals surface area contributed by atoms with Gasteiger partial charge in [-0.3, -0.25) is 19.7 Å². The Morgan fingerprint density at radius 2 is 1.96 bits per heavy atom. The minimum absolute atomic E-state index is 0.305. The average Bonchev–Trinajstić information content (AvgIpc) is 2.68. The van der Waals surface area contributed by atoms with Crippen LogP contribution in [0, 0.1) is 5.92 Å². The number of aromatic nitrogens is 1. The fraction of sp³-hybridized carbons (Fsp3) is 0.773. The first kappa shape index (κ1) is 20.7. The van der Waals surface area contributed by atoms with E-state index in [-0.39, 0.29) is 0 Å². The molecule has 0 radical (unpaired) electrons. The van der Waals surface area contributed by atoms with Crippen LogP contribution in [-0.4, -0.2) is 82.7 Å². The van der Waals surface area contributed by atoms with Crippen LogP contribution in [-0.2, 0) is 6.54 Å². The van der Waals surface area contributed by atoms with Crippen LogP contribution in [0.25, 0.3) is 0 Å². The SMILES string of the molecule is CC(C)CCN1CCN(C2CCN(Cc3ccccn3)CC2)CC1CCO. The van der Waals surface area contributed by atoms with Gasteiger partial charge in [-0.05, 0) is 50.3 Å². The number of likely N-dealkylation sites (tertiary alicyclic amines) is 1. The van der Waals surface area contributed by atoms with Gasteiger partial charge in [-0.2, -0.15) is 0 Å². The lowest BCUT2D eigenvalue weighted by Crippen LogP contribution is -2.57. The Labute approximate surface area is 165 Å². The normalized spacial score (nSPS) is 23.9. The summed E-state index contributed by atoms with van der Waals surface area (Å²) in [5.41, 5.74) is 1.18. The van der Waals surface area contributed by atoms with Crippen molar-refractivity contribution in [3.8, 4) is 0 Å². The quantitative estimate of drug-likeness (QED) is 0.757. The molecular formula is C22H38N4O. The van der Waals surface area contributed by atoms with E-state index in [1.54, 1.807) is 0 Å². The predicted octanol–water partition coefficient (Wildman–Crippen LogP) is 2.46. The van der Waals surface area contributed by atoms with Crippen LogP contribution in [0.1, 0.15) is 45.2 Å². The van der Waals surface area contributed by atoms with Gasteiger partial charge in [0.05, 0.1) is 5.69 Å². The average molecular weight is 375 g/mol. The van der Waals surface area contributed by atoms with E-state index in [1.807, 2.05) is 12.3 Å². The second-order valence-corrected chi connectivity index (χ2v) is 8.71. The Hall–Kier alpha value is -1.01. The maximum absolute atomic E-state index is 9.53. The number of pyridine rings is 1. The third kappa shape index (κ3) is 6.24. The number of aliphatic hydroxyl groups excluding tert-OH is 1. The van der Waals surface area contributed by atoms with Gasteiger partial charge in [-0.1, -0.05) is 19.9 Å². The van der Waals surface area contributed by atoms with E-state index in [0.717, 1.165) is 32.0 Å². The molecule has 2 fully saturated rings. The molecule has 1 atom stereocenters. The van der Waals surface area contributed by atoms with Gasteiger partial charge in [0, 0.05) is 64.2 Å². The smallest absolute Gasteiger partial charge is 0.0543 e. The Balaban J connectivity index is 1.46. The first-order valence-electron chi connectivity index (χ1n) is 10.9. The van der Waals surface area contributed by atoms with Gasteiger partial charge in [0.15, 0.2) is 0 Å². The molecule has 0 aliphatic carbocycles. The monoisotopic (exact) mass is 374 g/mol. The number of nitrogens with zero attached hydrogens (tertiary/aromatic N) is 4. The molecule has 0 bridgehead atoms. The molecule has 1 aromatic heterocycles. The maximum Gasteiger partial charge on any atom is 0.0543 e. The number of piperazine rings is 1. The standard InChI is InChI=1S/C22H38N4O/c1-19(2)6-13-25-14-15-26(18-22(25)9-16-27)21-7-11-24(12-8-21)17-20-5-3-4-10-23-20/h3-5,10,19,21-22,27H,6-9,11-18H2,1-2H3. The number of rotatable bonds is 8. The van der Waals surface area contributed by atoms with Crippen molar-refractivity contribution in [3.63, 3.8) is 0 Å². The minimum atomic E-state index is 0.305. The molecule has 2 saturated heterocycles. The van der Waals surface area contributed by atoms with Crippen molar-refractivity contribution in [1.29, 1.82) is 0 Å². The molecule has 1 aromatic rings. The van der Waals surface area contributed by atoms with Gasteiger partial charge in [0.1, 0.15) is 0 Å². The van der Waals surface area contributed by atoms with E-state index in [2.05, 4.69) is 45.7 Å². The molecule has 5 heteroatoms. The molecular weight excluding hydrogens is 336 g/mol. The summed E-state index contributed by atoms with van der Waals surface area (Å²) in [6.07, 6.45) is 6.57. The van der Waals surface area contributed by atoms with Gasteiger partial charge in [-0.25, -0.2) is 0 Å². The van der Waals surface area contributed by atoms with Gasteiger partial charge < -0.3 is 5.11 Å². The lowest BCUT2D eigenvalue weighted by Gasteiger charge is -2.46. The zero-order valence-electron chi connectivity index (χ0n) is 17.3. The number of piperidine rings is 1. The van der Waals surface area contributed by atoms with E-state index in [9.17, 15) is 5.11 Å². The third-order valence-corrected chi connectivity index (χ3v) is 6.28. The van der Waals surface area contributed by atoms with Crippen LogP contribution in [0.5, 0.6) is 0 Å². The van der Waals surface area contributed by atoms with Crippen LogP contribution in [0.15, 0.2) is 24.4 Å². The van der Waals surface area contributed by atoms with E-state index in [0.29, 0.717) is 18.7 Å². The van der Waals surface area contributed by atoms with E-state index in [4.69, 9.17) is 0 Å². The molecule has 1 N–H and O–H groups in total. The van der Waals surface area contributed by atoms with Gasteiger partial charge >= 0.3 is 0 Å². The van der Waals surface area contributed by atoms with Crippen LogP contribution in [0.2, 0.25) is 0 Å². The van der Waals surface area contributed by atoms with Crippen molar-refractivity contribution in [1.82, 2.24) is 19.7 Å². The summed E-state index contributed by atoms with van der Waals surface area (Å²) >= 11 is 0. The van der Waals surface area contributed by atoms with Crippen molar-refractivity contribution in [2.75, 3.05) is 45.9 Å². The molecule has 0 saturated carbocycles. The summed E-state index contributed by atoms with van der Waals surface area (Å²) in [5, 5.41) is 9.53. The van der Waals surface area contributed by atoms with Crippen molar-refractivity contribution in [2.24, 2.45) is 5.92 Å². The minimum Gasteiger partial charge on any atom is -0.396 e. The second-order valence-electron chi connectivity index (χ2n) is 8.71. The van der Waals surface area contributed by atoms with Crippen LogP contribution >= 0.6 is 0 Å². The molecule has 2 aliphatic heterocycles. The molecule has 0 amide bonds. The lowest BCUT2D eigenvalue weighted by molar-refractivity contribution is 0.0142. The maximum atomic E-state index is 9.53. The van der Waals surface area contributed by atoms with Crippen molar-refractivity contribution in [2.45, 2.75) is 58.2 Å². The summed E-state index contributed by atoms with van der Waals surface area (Å²) < 4.78 is 0. The highest BCUT2D eigenvalue weighted by atomic mass is 16.3. The summed E-state index contributed by atoms with van der Waals surface area (Å²) in [7, 11) is 0. The number of hydrogen-bond acceptors (Lipinski definition) is 5. The lowest BCUT2D eigenvalue weighted by atomic mass is 9.99. The van der Waals surface area contributed by atoms with Crippen LogP contribution in [0.3, 0.4) is 0 Å². The molecule has 2 aliphatic rings. The second kappa shape index (κ2) is 10.5. The highest BCUT2D eigenvalue weighted by Gasteiger charge is 2.32. The van der Waals surface area contributed by atoms with E-state index >= 15 is 0 Å². The van der Waals surface area contributed by atoms with Gasteiger partial charge in [-0.15, -0.1) is 0 Å². The molecule has 152 valence electrons.